The number of fused-ring (bicyclic) bond motifs is 4. The average molecular weight is 771 g/mol. The SMILES string of the molecule is CN1CN=C(c2cccc(-c3cccc4ccccc34)c2)c2ccccc21.Cc1cccc(-c2nc(-c3cccc(-c4cccc5ccccc45)c3)c3ccccc3n2)c1. The van der Waals surface area contributed by atoms with Crippen LogP contribution in [0.3, 0.4) is 0 Å². The second kappa shape index (κ2) is 15.9. The van der Waals surface area contributed by atoms with Gasteiger partial charge in [-0.05, 0) is 81.1 Å². The van der Waals surface area contributed by atoms with Gasteiger partial charge in [0.05, 0.1) is 16.9 Å². The van der Waals surface area contributed by atoms with Gasteiger partial charge in [-0.2, -0.15) is 0 Å². The Morgan fingerprint density at radius 3 is 1.65 bits per heavy atom. The van der Waals surface area contributed by atoms with Gasteiger partial charge in [0.1, 0.15) is 6.67 Å². The molecule has 1 aliphatic heterocycles. The lowest BCUT2D eigenvalue weighted by atomic mass is 9.93. The van der Waals surface area contributed by atoms with Gasteiger partial charge in [-0.25, -0.2) is 9.97 Å². The minimum Gasteiger partial charge on any atom is -0.355 e. The molecule has 10 aromatic rings. The van der Waals surface area contributed by atoms with Gasteiger partial charge in [0.25, 0.3) is 0 Å². The Labute approximate surface area is 350 Å². The molecule has 0 bridgehead atoms. The molecule has 286 valence electrons. The first-order chi connectivity index (χ1) is 29.6. The topological polar surface area (TPSA) is 41.4 Å². The highest BCUT2D eigenvalue weighted by Gasteiger charge is 2.19. The van der Waals surface area contributed by atoms with Gasteiger partial charge in [-0.15, -0.1) is 0 Å². The molecule has 0 N–H and O–H groups in total. The Morgan fingerprint density at radius 2 is 0.933 bits per heavy atom. The van der Waals surface area contributed by atoms with Gasteiger partial charge in [0, 0.05) is 40.4 Å². The number of anilines is 1. The molecule has 0 spiro atoms. The maximum absolute atomic E-state index is 5.07. The lowest BCUT2D eigenvalue weighted by Crippen LogP contribution is -2.26. The van der Waals surface area contributed by atoms with Gasteiger partial charge < -0.3 is 4.90 Å². The molecular formula is C56H42N4. The Bertz CT molecular complexity index is 3220. The van der Waals surface area contributed by atoms with Crippen LogP contribution in [0, 0.1) is 6.92 Å². The normalized spacial score (nSPS) is 12.2. The van der Waals surface area contributed by atoms with E-state index in [1.54, 1.807) is 0 Å². The molecule has 1 aliphatic rings. The van der Waals surface area contributed by atoms with E-state index in [1.807, 2.05) is 6.07 Å². The van der Waals surface area contributed by atoms with Crippen molar-refractivity contribution in [2.75, 3.05) is 18.6 Å². The van der Waals surface area contributed by atoms with Crippen LogP contribution in [0.1, 0.15) is 16.7 Å². The number of aromatic nitrogens is 2. The molecule has 4 heteroatoms. The average Bonchev–Trinajstić information content (AvgIpc) is 3.31. The third-order valence-corrected chi connectivity index (χ3v) is 11.4. The summed E-state index contributed by atoms with van der Waals surface area (Å²) in [6.07, 6.45) is 0. The monoisotopic (exact) mass is 770 g/mol. The molecule has 0 atom stereocenters. The summed E-state index contributed by atoms with van der Waals surface area (Å²) in [7, 11) is 2.09. The highest BCUT2D eigenvalue weighted by molar-refractivity contribution is 6.17. The Kier molecular flexibility index (Phi) is 9.72. The zero-order chi connectivity index (χ0) is 40.4. The highest BCUT2D eigenvalue weighted by Crippen LogP contribution is 2.35. The number of rotatable bonds is 5. The van der Waals surface area contributed by atoms with Crippen molar-refractivity contribution in [1.29, 1.82) is 0 Å². The molecular weight excluding hydrogens is 729 g/mol. The van der Waals surface area contributed by atoms with Crippen LogP contribution >= 0.6 is 0 Å². The molecule has 1 aromatic heterocycles. The van der Waals surface area contributed by atoms with Crippen LogP contribution in [0.5, 0.6) is 0 Å². The Balaban J connectivity index is 0.000000147. The number of nitrogens with zero attached hydrogens (tertiary/aromatic N) is 4. The fraction of sp³-hybridized carbons (Fsp3) is 0.0536. The summed E-state index contributed by atoms with van der Waals surface area (Å²) >= 11 is 0. The lowest BCUT2D eigenvalue weighted by Gasteiger charge is -2.26. The van der Waals surface area contributed by atoms with Gasteiger partial charge in [0.15, 0.2) is 5.82 Å². The van der Waals surface area contributed by atoms with E-state index in [4.69, 9.17) is 15.0 Å². The predicted molar refractivity (Wildman–Crippen MR) is 253 cm³/mol. The molecule has 0 fully saturated rings. The summed E-state index contributed by atoms with van der Waals surface area (Å²) < 4.78 is 0. The summed E-state index contributed by atoms with van der Waals surface area (Å²) in [4.78, 5) is 17.0. The van der Waals surface area contributed by atoms with E-state index in [1.165, 1.54) is 66.2 Å². The number of aryl methyl sites for hydroxylation is 1. The molecule has 0 radical (unpaired) electrons. The zero-order valence-electron chi connectivity index (χ0n) is 33.6. The minimum atomic E-state index is 0.685. The largest absolute Gasteiger partial charge is 0.355 e. The number of hydrogen-bond acceptors (Lipinski definition) is 4. The molecule has 0 saturated heterocycles. The fourth-order valence-electron chi connectivity index (χ4n) is 8.42. The third-order valence-electron chi connectivity index (χ3n) is 11.4. The number of aliphatic imine (C=N–C) groups is 1. The lowest BCUT2D eigenvalue weighted by molar-refractivity contribution is 0.917. The van der Waals surface area contributed by atoms with E-state index in [-0.39, 0.29) is 0 Å². The summed E-state index contributed by atoms with van der Waals surface area (Å²) in [5.74, 6) is 0.753. The van der Waals surface area contributed by atoms with Crippen LogP contribution in [0.25, 0.3) is 77.3 Å². The van der Waals surface area contributed by atoms with E-state index in [0.29, 0.717) is 6.67 Å². The molecule has 0 aliphatic carbocycles. The predicted octanol–water partition coefficient (Wildman–Crippen LogP) is 13.8. The Hall–Kier alpha value is -7.69. The second-order valence-corrected chi connectivity index (χ2v) is 15.4. The zero-order valence-corrected chi connectivity index (χ0v) is 33.6. The molecule has 0 unspecified atom stereocenters. The van der Waals surface area contributed by atoms with E-state index >= 15 is 0 Å². The number of para-hydroxylation sites is 2. The maximum Gasteiger partial charge on any atom is 0.160 e. The smallest absolute Gasteiger partial charge is 0.160 e. The summed E-state index contributed by atoms with van der Waals surface area (Å²) in [5.41, 5.74) is 14.8. The van der Waals surface area contributed by atoms with Crippen molar-refractivity contribution in [3.63, 3.8) is 0 Å². The first kappa shape index (κ1) is 36.6. The van der Waals surface area contributed by atoms with E-state index < -0.39 is 0 Å². The molecule has 9 aromatic carbocycles. The first-order valence-corrected chi connectivity index (χ1v) is 20.4. The summed E-state index contributed by atoms with van der Waals surface area (Å²) in [5, 5.41) is 6.11. The molecule has 0 saturated carbocycles. The van der Waals surface area contributed by atoms with Crippen molar-refractivity contribution < 1.29 is 0 Å². The van der Waals surface area contributed by atoms with Crippen molar-refractivity contribution in [1.82, 2.24) is 9.97 Å². The van der Waals surface area contributed by atoms with Crippen LogP contribution in [0.15, 0.2) is 211 Å². The highest BCUT2D eigenvalue weighted by atomic mass is 15.2. The number of benzene rings is 9. The maximum atomic E-state index is 5.07. The van der Waals surface area contributed by atoms with E-state index in [2.05, 4.69) is 219 Å². The second-order valence-electron chi connectivity index (χ2n) is 15.4. The number of hydrogen-bond donors (Lipinski definition) is 0. The van der Waals surface area contributed by atoms with Gasteiger partial charge in [0.2, 0.25) is 0 Å². The van der Waals surface area contributed by atoms with E-state index in [9.17, 15) is 0 Å². The first-order valence-electron chi connectivity index (χ1n) is 20.4. The van der Waals surface area contributed by atoms with E-state index in [0.717, 1.165) is 39.3 Å². The van der Waals surface area contributed by atoms with Crippen molar-refractivity contribution >= 4 is 43.8 Å². The fourth-order valence-corrected chi connectivity index (χ4v) is 8.42. The van der Waals surface area contributed by atoms with Crippen LogP contribution < -0.4 is 4.90 Å². The molecule has 4 nitrogen and oxygen atoms in total. The minimum absolute atomic E-state index is 0.685. The van der Waals surface area contributed by atoms with Gasteiger partial charge >= 0.3 is 0 Å². The van der Waals surface area contributed by atoms with Crippen molar-refractivity contribution in [3.05, 3.63) is 223 Å². The molecule has 11 rings (SSSR count). The molecule has 0 amide bonds. The quantitative estimate of drug-likeness (QED) is 0.175. The van der Waals surface area contributed by atoms with Crippen LogP contribution in [-0.4, -0.2) is 29.4 Å². The third kappa shape index (κ3) is 7.09. The van der Waals surface area contributed by atoms with Gasteiger partial charge in [-0.3, -0.25) is 4.99 Å². The Morgan fingerprint density at radius 1 is 0.417 bits per heavy atom. The van der Waals surface area contributed by atoms with Crippen LogP contribution in [0.2, 0.25) is 0 Å². The van der Waals surface area contributed by atoms with Gasteiger partial charge in [-0.1, -0.05) is 181 Å². The van der Waals surface area contributed by atoms with Crippen LogP contribution in [-0.2, 0) is 0 Å². The van der Waals surface area contributed by atoms with Crippen LogP contribution in [0.4, 0.5) is 5.69 Å². The van der Waals surface area contributed by atoms with Crippen molar-refractivity contribution in [3.8, 4) is 44.9 Å². The van der Waals surface area contributed by atoms with Crippen molar-refractivity contribution in [2.24, 2.45) is 4.99 Å². The summed E-state index contributed by atoms with van der Waals surface area (Å²) in [6, 6.07) is 72.6. The molecule has 60 heavy (non-hydrogen) atoms. The van der Waals surface area contributed by atoms with Crippen molar-refractivity contribution in [2.45, 2.75) is 6.92 Å². The summed E-state index contributed by atoms with van der Waals surface area (Å²) in [6.45, 7) is 2.78. The molecule has 2 heterocycles. The standard InChI is InChI=1S/C31H22N2.C25H20N2/c1-21-9-6-14-25(19-21)31-32-29-18-5-4-16-28(29)30(33-31)24-13-7-12-23(20-24)27-17-8-11-22-10-2-3-15-26(22)27;1-27-17-26-25(23-13-4-5-15-24(23)27)20-11-6-10-19(16-20)22-14-7-9-18-8-2-3-12-21(18)22/h2-20H,1H3;2-16H,17H2,1H3.